The number of hydrogen-bond acceptors (Lipinski definition) is 5. The molecule has 0 unspecified atom stereocenters. The smallest absolute Gasteiger partial charge is 0.407 e. The lowest BCUT2D eigenvalue weighted by molar-refractivity contribution is -0.117. The molecule has 3 N–H and O–H groups in total. The van der Waals surface area contributed by atoms with Crippen molar-refractivity contribution in [1.82, 2.24) is 5.32 Å². The van der Waals surface area contributed by atoms with E-state index in [4.69, 9.17) is 14.6 Å². The molecule has 0 saturated carbocycles. The van der Waals surface area contributed by atoms with E-state index in [9.17, 15) is 14.4 Å². The minimum atomic E-state index is -1.03. The zero-order valence-corrected chi connectivity index (χ0v) is 19.0. The highest BCUT2D eigenvalue weighted by Gasteiger charge is 2.28. The molecule has 180 valence electrons. The summed E-state index contributed by atoms with van der Waals surface area (Å²) in [4.78, 5) is 35.0. The number of hydrogen-bond donors (Lipinski definition) is 3. The maximum atomic E-state index is 12.1. The van der Waals surface area contributed by atoms with Crippen molar-refractivity contribution in [3.05, 3.63) is 89.5 Å². The van der Waals surface area contributed by atoms with E-state index in [2.05, 4.69) is 34.9 Å². The Kier molecular flexibility index (Phi) is 7.74. The van der Waals surface area contributed by atoms with E-state index in [1.54, 1.807) is 0 Å². The van der Waals surface area contributed by atoms with Crippen LogP contribution in [0.3, 0.4) is 0 Å². The molecular weight excluding hydrogens is 448 g/mol. The largest absolute Gasteiger partial charge is 0.478 e. The molecule has 0 aliphatic heterocycles. The number of nitrogens with one attached hydrogen (secondary N) is 2. The number of carbonyl (C=O) groups is 3. The Morgan fingerprint density at radius 3 is 2.09 bits per heavy atom. The number of carboxylic acids is 1. The number of ether oxygens (including phenoxy) is 2. The van der Waals surface area contributed by atoms with E-state index in [1.807, 2.05) is 24.3 Å². The number of carbonyl (C=O) groups excluding carboxylic acids is 2. The van der Waals surface area contributed by atoms with Gasteiger partial charge in [-0.2, -0.15) is 0 Å². The van der Waals surface area contributed by atoms with Gasteiger partial charge in [-0.1, -0.05) is 48.5 Å². The summed E-state index contributed by atoms with van der Waals surface area (Å²) in [6.45, 7) is 0.930. The zero-order chi connectivity index (χ0) is 24.6. The maximum absolute atomic E-state index is 12.1. The van der Waals surface area contributed by atoms with Crippen molar-refractivity contribution in [2.45, 2.75) is 12.3 Å². The van der Waals surface area contributed by atoms with Crippen LogP contribution in [-0.4, -0.2) is 49.4 Å². The fourth-order valence-electron chi connectivity index (χ4n) is 4.06. The van der Waals surface area contributed by atoms with E-state index in [-0.39, 0.29) is 50.2 Å². The Balaban J connectivity index is 1.12. The van der Waals surface area contributed by atoms with Crippen LogP contribution in [0.15, 0.2) is 72.8 Å². The third kappa shape index (κ3) is 6.04. The molecule has 3 aromatic rings. The molecule has 1 aliphatic carbocycles. The molecule has 0 saturated heterocycles. The third-order valence-electron chi connectivity index (χ3n) is 5.75. The number of aromatic carboxylic acids is 1. The highest BCUT2D eigenvalue weighted by Crippen LogP contribution is 2.44. The average Bonchev–Trinajstić information content (AvgIpc) is 3.19. The van der Waals surface area contributed by atoms with E-state index in [1.165, 1.54) is 35.4 Å². The van der Waals surface area contributed by atoms with Gasteiger partial charge in [0.2, 0.25) is 5.91 Å². The number of fused-ring (bicyclic) bond motifs is 3. The van der Waals surface area contributed by atoms with Gasteiger partial charge in [-0.15, -0.1) is 0 Å². The molecule has 0 spiro atoms. The molecule has 0 radical (unpaired) electrons. The van der Waals surface area contributed by atoms with Gasteiger partial charge in [-0.05, 0) is 46.5 Å². The standard InChI is InChI=1S/C27H26N2O6/c30-25(29-19-11-9-18(10-12-19)26(31)32)13-15-34-16-14-28-27(33)35-17-24-22-7-3-1-5-20(22)21-6-2-4-8-23(21)24/h1-12,24H,13-17H2,(H,28,33)(H,29,30)(H,31,32). The van der Waals surface area contributed by atoms with Crippen LogP contribution in [0.5, 0.6) is 0 Å². The average molecular weight is 475 g/mol. The number of benzene rings is 3. The number of anilines is 1. The van der Waals surface area contributed by atoms with E-state index in [0.717, 1.165) is 11.1 Å². The first kappa shape index (κ1) is 24.0. The molecule has 0 aromatic heterocycles. The van der Waals surface area contributed by atoms with Crippen LogP contribution in [0, 0.1) is 0 Å². The predicted octanol–water partition coefficient (Wildman–Crippen LogP) is 4.27. The predicted molar refractivity (Wildman–Crippen MR) is 131 cm³/mol. The normalized spacial score (nSPS) is 11.9. The summed E-state index contributed by atoms with van der Waals surface area (Å²) in [6.07, 6.45) is -0.385. The first-order chi connectivity index (χ1) is 17.0. The van der Waals surface area contributed by atoms with Crippen LogP contribution in [0.25, 0.3) is 11.1 Å². The molecular formula is C27H26N2O6. The second-order valence-electron chi connectivity index (χ2n) is 8.05. The molecule has 3 aromatic carbocycles. The van der Waals surface area contributed by atoms with Crippen LogP contribution in [0.1, 0.15) is 33.8 Å². The number of rotatable bonds is 10. The van der Waals surface area contributed by atoms with Crippen molar-refractivity contribution in [3.63, 3.8) is 0 Å². The van der Waals surface area contributed by atoms with Crippen LogP contribution in [0.2, 0.25) is 0 Å². The molecule has 0 heterocycles. The third-order valence-corrected chi connectivity index (χ3v) is 5.75. The van der Waals surface area contributed by atoms with Crippen molar-refractivity contribution >= 4 is 23.7 Å². The number of alkyl carbamates (subject to hydrolysis) is 1. The van der Waals surface area contributed by atoms with Crippen LogP contribution >= 0.6 is 0 Å². The van der Waals surface area contributed by atoms with Gasteiger partial charge in [0.25, 0.3) is 0 Å². The van der Waals surface area contributed by atoms with Crippen LogP contribution < -0.4 is 10.6 Å². The molecule has 1 aliphatic rings. The maximum Gasteiger partial charge on any atom is 0.407 e. The molecule has 0 bridgehead atoms. The number of carboxylic acid groups (broad SMARTS) is 1. The summed E-state index contributed by atoms with van der Waals surface area (Å²) in [7, 11) is 0. The van der Waals surface area contributed by atoms with Gasteiger partial charge in [0.1, 0.15) is 6.61 Å². The van der Waals surface area contributed by atoms with E-state index in [0.29, 0.717) is 5.69 Å². The zero-order valence-electron chi connectivity index (χ0n) is 19.0. The van der Waals surface area contributed by atoms with Crippen LogP contribution in [0.4, 0.5) is 10.5 Å². The summed E-state index contributed by atoms with van der Waals surface area (Å²) < 4.78 is 10.9. The minimum Gasteiger partial charge on any atom is -0.478 e. The lowest BCUT2D eigenvalue weighted by atomic mass is 9.98. The van der Waals surface area contributed by atoms with Crippen molar-refractivity contribution < 1.29 is 29.0 Å². The van der Waals surface area contributed by atoms with Gasteiger partial charge in [0, 0.05) is 18.2 Å². The lowest BCUT2D eigenvalue weighted by Crippen LogP contribution is -2.29. The van der Waals surface area contributed by atoms with E-state index < -0.39 is 12.1 Å². The topological polar surface area (TPSA) is 114 Å². The summed E-state index contributed by atoms with van der Waals surface area (Å²) in [5.74, 6) is -1.27. The minimum absolute atomic E-state index is 0.00300. The fourth-order valence-corrected chi connectivity index (χ4v) is 4.06. The van der Waals surface area contributed by atoms with Gasteiger partial charge in [0.15, 0.2) is 0 Å². The van der Waals surface area contributed by atoms with Crippen molar-refractivity contribution in [3.8, 4) is 11.1 Å². The molecule has 8 nitrogen and oxygen atoms in total. The first-order valence-electron chi connectivity index (χ1n) is 11.3. The second kappa shape index (κ2) is 11.3. The summed E-state index contributed by atoms with van der Waals surface area (Å²) in [5, 5.41) is 14.2. The van der Waals surface area contributed by atoms with Gasteiger partial charge < -0.3 is 25.2 Å². The highest BCUT2D eigenvalue weighted by molar-refractivity contribution is 5.92. The second-order valence-corrected chi connectivity index (χ2v) is 8.05. The summed E-state index contributed by atoms with van der Waals surface area (Å²) >= 11 is 0. The summed E-state index contributed by atoms with van der Waals surface area (Å²) in [6, 6.07) is 22.2. The summed E-state index contributed by atoms with van der Waals surface area (Å²) in [5.41, 5.74) is 5.31. The van der Waals surface area contributed by atoms with Crippen molar-refractivity contribution in [2.24, 2.45) is 0 Å². The number of amides is 2. The highest BCUT2D eigenvalue weighted by atomic mass is 16.5. The Labute approximate surface area is 202 Å². The first-order valence-corrected chi connectivity index (χ1v) is 11.3. The quantitative estimate of drug-likeness (QED) is 0.378. The molecule has 35 heavy (non-hydrogen) atoms. The lowest BCUT2D eigenvalue weighted by Gasteiger charge is -2.14. The monoisotopic (exact) mass is 474 g/mol. The molecule has 0 fully saturated rings. The molecule has 4 rings (SSSR count). The molecule has 0 atom stereocenters. The Morgan fingerprint density at radius 1 is 0.829 bits per heavy atom. The molecule has 8 heteroatoms. The van der Waals surface area contributed by atoms with Gasteiger partial charge in [-0.25, -0.2) is 9.59 Å². The van der Waals surface area contributed by atoms with Gasteiger partial charge in [0.05, 0.1) is 25.2 Å². The Bertz CT molecular complexity index is 1160. The molecule has 2 amide bonds. The van der Waals surface area contributed by atoms with Gasteiger partial charge >= 0.3 is 12.1 Å². The Morgan fingerprint density at radius 2 is 1.46 bits per heavy atom. The van der Waals surface area contributed by atoms with Gasteiger partial charge in [-0.3, -0.25) is 4.79 Å². The van der Waals surface area contributed by atoms with E-state index >= 15 is 0 Å². The Hall–Kier alpha value is -4.17. The van der Waals surface area contributed by atoms with Crippen molar-refractivity contribution in [1.29, 1.82) is 0 Å². The fraction of sp³-hybridized carbons (Fsp3) is 0.222. The SMILES string of the molecule is O=C(CCOCCNC(=O)OCC1c2ccccc2-c2ccccc21)Nc1ccc(C(=O)O)cc1. The van der Waals surface area contributed by atoms with Crippen molar-refractivity contribution in [2.75, 3.05) is 31.7 Å². The van der Waals surface area contributed by atoms with Crippen LogP contribution in [-0.2, 0) is 14.3 Å².